The van der Waals surface area contributed by atoms with E-state index in [-0.39, 0.29) is 5.82 Å². The van der Waals surface area contributed by atoms with Crippen LogP contribution in [-0.4, -0.2) is 9.78 Å². The van der Waals surface area contributed by atoms with E-state index in [1.807, 2.05) is 30.3 Å². The number of halogens is 2. The highest BCUT2D eigenvalue weighted by atomic mass is 79.9. The summed E-state index contributed by atoms with van der Waals surface area (Å²) in [4.78, 5) is 0. The van der Waals surface area contributed by atoms with Crippen LogP contribution in [0.2, 0.25) is 0 Å². The zero-order chi connectivity index (χ0) is 14.1. The Morgan fingerprint density at radius 3 is 2.55 bits per heavy atom. The lowest BCUT2D eigenvalue weighted by molar-refractivity contribution is 0.630. The Hall–Kier alpha value is -2.14. The Kier molecular flexibility index (Phi) is 3.28. The van der Waals surface area contributed by atoms with Gasteiger partial charge in [-0.3, -0.25) is 0 Å². The Morgan fingerprint density at radius 2 is 1.80 bits per heavy atom. The van der Waals surface area contributed by atoms with E-state index < -0.39 is 0 Å². The van der Waals surface area contributed by atoms with Crippen LogP contribution in [0.1, 0.15) is 0 Å². The molecule has 1 heterocycles. The molecule has 0 fully saturated rings. The van der Waals surface area contributed by atoms with E-state index in [0.29, 0.717) is 17.1 Å². The van der Waals surface area contributed by atoms with Crippen LogP contribution >= 0.6 is 15.9 Å². The molecule has 3 rings (SSSR count). The molecule has 0 spiro atoms. The number of nitrogens with two attached hydrogens (primary N) is 1. The lowest BCUT2D eigenvalue weighted by Gasteiger charge is -2.03. The minimum Gasteiger partial charge on any atom is -0.384 e. The van der Waals surface area contributed by atoms with Crippen molar-refractivity contribution in [2.75, 3.05) is 5.73 Å². The Balaban J connectivity index is 2.11. The van der Waals surface area contributed by atoms with Gasteiger partial charge >= 0.3 is 0 Å². The van der Waals surface area contributed by atoms with E-state index in [1.165, 1.54) is 6.07 Å². The highest BCUT2D eigenvalue weighted by Gasteiger charge is 2.12. The van der Waals surface area contributed by atoms with Crippen LogP contribution in [0.15, 0.2) is 59.1 Å². The molecule has 2 aromatic carbocycles. The molecule has 0 aliphatic carbocycles. The molecule has 0 radical (unpaired) electrons. The standard InChI is InChI=1S/C15H11BrFN3/c16-10-6-7-13(17)12(8-10)14-9-15(18)20(19-14)11-4-2-1-3-5-11/h1-9H,18H2. The average Bonchev–Trinajstić information content (AvgIpc) is 2.84. The molecule has 0 saturated carbocycles. The smallest absolute Gasteiger partial charge is 0.132 e. The molecular weight excluding hydrogens is 321 g/mol. The second-order valence-corrected chi connectivity index (χ2v) is 5.24. The van der Waals surface area contributed by atoms with Crippen molar-refractivity contribution >= 4 is 21.7 Å². The number of para-hydroxylation sites is 1. The number of hydrogen-bond acceptors (Lipinski definition) is 2. The maximum Gasteiger partial charge on any atom is 0.132 e. The number of nitrogens with zero attached hydrogens (tertiary/aromatic N) is 2. The molecular formula is C15H11BrFN3. The first kappa shape index (κ1) is 12.9. The van der Waals surface area contributed by atoms with Crippen LogP contribution in [0.25, 0.3) is 16.9 Å². The number of benzene rings is 2. The monoisotopic (exact) mass is 331 g/mol. The highest BCUT2D eigenvalue weighted by molar-refractivity contribution is 9.10. The van der Waals surface area contributed by atoms with Gasteiger partial charge in [-0.05, 0) is 30.3 Å². The minimum atomic E-state index is -0.328. The van der Waals surface area contributed by atoms with Gasteiger partial charge in [0.2, 0.25) is 0 Å². The van der Waals surface area contributed by atoms with E-state index >= 15 is 0 Å². The summed E-state index contributed by atoms with van der Waals surface area (Å²) in [6.45, 7) is 0. The van der Waals surface area contributed by atoms with Gasteiger partial charge in [-0.1, -0.05) is 34.1 Å². The van der Waals surface area contributed by atoms with Crippen LogP contribution in [0, 0.1) is 5.82 Å². The number of aromatic nitrogens is 2. The number of anilines is 1. The van der Waals surface area contributed by atoms with Gasteiger partial charge in [-0.15, -0.1) is 0 Å². The Bertz CT molecular complexity index is 753. The third-order valence-corrected chi connectivity index (χ3v) is 3.44. The van der Waals surface area contributed by atoms with Crippen molar-refractivity contribution in [1.29, 1.82) is 0 Å². The van der Waals surface area contributed by atoms with E-state index in [9.17, 15) is 4.39 Å². The second-order valence-electron chi connectivity index (χ2n) is 4.33. The summed E-state index contributed by atoms with van der Waals surface area (Å²) in [5.41, 5.74) is 7.73. The van der Waals surface area contributed by atoms with Crippen molar-refractivity contribution in [2.24, 2.45) is 0 Å². The van der Waals surface area contributed by atoms with Crippen molar-refractivity contribution in [3.05, 3.63) is 64.9 Å². The normalized spacial score (nSPS) is 10.7. The largest absolute Gasteiger partial charge is 0.384 e. The van der Waals surface area contributed by atoms with Gasteiger partial charge < -0.3 is 5.73 Å². The van der Waals surface area contributed by atoms with Crippen molar-refractivity contribution in [2.45, 2.75) is 0 Å². The molecule has 2 N–H and O–H groups in total. The number of hydrogen-bond donors (Lipinski definition) is 1. The van der Waals surface area contributed by atoms with Crippen LogP contribution in [0.3, 0.4) is 0 Å². The van der Waals surface area contributed by atoms with E-state index in [4.69, 9.17) is 5.73 Å². The topological polar surface area (TPSA) is 43.8 Å². The molecule has 0 atom stereocenters. The zero-order valence-corrected chi connectivity index (χ0v) is 12.0. The molecule has 20 heavy (non-hydrogen) atoms. The molecule has 0 unspecified atom stereocenters. The molecule has 5 heteroatoms. The van der Waals surface area contributed by atoms with E-state index in [2.05, 4.69) is 21.0 Å². The Labute approximate surface area is 124 Å². The average molecular weight is 332 g/mol. The first-order chi connectivity index (χ1) is 9.65. The molecule has 0 aliphatic heterocycles. The van der Waals surface area contributed by atoms with Crippen molar-refractivity contribution in [1.82, 2.24) is 9.78 Å². The fourth-order valence-electron chi connectivity index (χ4n) is 2.00. The van der Waals surface area contributed by atoms with Crippen LogP contribution in [0.5, 0.6) is 0 Å². The molecule has 0 saturated heterocycles. The lowest BCUT2D eigenvalue weighted by Crippen LogP contribution is -2.01. The molecule has 100 valence electrons. The summed E-state index contributed by atoms with van der Waals surface area (Å²) in [7, 11) is 0. The second kappa shape index (κ2) is 5.09. The van der Waals surface area contributed by atoms with Gasteiger partial charge in [0, 0.05) is 16.1 Å². The number of rotatable bonds is 2. The van der Waals surface area contributed by atoms with Gasteiger partial charge in [0.05, 0.1) is 11.4 Å². The van der Waals surface area contributed by atoms with E-state index in [0.717, 1.165) is 10.2 Å². The van der Waals surface area contributed by atoms with Crippen molar-refractivity contribution in [3.63, 3.8) is 0 Å². The van der Waals surface area contributed by atoms with Crippen LogP contribution in [0.4, 0.5) is 10.2 Å². The summed E-state index contributed by atoms with van der Waals surface area (Å²) < 4.78 is 16.3. The maximum atomic E-state index is 13.9. The number of nitrogen functional groups attached to an aromatic ring is 1. The van der Waals surface area contributed by atoms with Crippen LogP contribution in [-0.2, 0) is 0 Å². The predicted molar refractivity (Wildman–Crippen MR) is 81.1 cm³/mol. The quantitative estimate of drug-likeness (QED) is 0.770. The van der Waals surface area contributed by atoms with E-state index in [1.54, 1.807) is 22.9 Å². The van der Waals surface area contributed by atoms with Crippen molar-refractivity contribution < 1.29 is 4.39 Å². The third kappa shape index (κ3) is 2.32. The molecule has 1 aromatic heterocycles. The summed E-state index contributed by atoms with van der Waals surface area (Å²) in [5.74, 6) is 0.136. The van der Waals surface area contributed by atoms with Gasteiger partial charge in [0.25, 0.3) is 0 Å². The lowest BCUT2D eigenvalue weighted by atomic mass is 10.1. The van der Waals surface area contributed by atoms with Gasteiger partial charge in [0.15, 0.2) is 0 Å². The van der Waals surface area contributed by atoms with Gasteiger partial charge in [-0.25, -0.2) is 9.07 Å². The van der Waals surface area contributed by atoms with Crippen molar-refractivity contribution in [3.8, 4) is 16.9 Å². The predicted octanol–water partition coefficient (Wildman–Crippen LogP) is 4.02. The van der Waals surface area contributed by atoms with Gasteiger partial charge in [-0.2, -0.15) is 5.10 Å². The third-order valence-electron chi connectivity index (χ3n) is 2.94. The summed E-state index contributed by atoms with van der Waals surface area (Å²) in [5, 5.41) is 4.38. The molecule has 0 amide bonds. The van der Waals surface area contributed by atoms with Crippen LogP contribution < -0.4 is 5.73 Å². The molecule has 3 aromatic rings. The fraction of sp³-hybridized carbons (Fsp3) is 0. The van der Waals surface area contributed by atoms with Gasteiger partial charge in [0.1, 0.15) is 11.6 Å². The summed E-state index contributed by atoms with van der Waals surface area (Å²) in [6, 6.07) is 15.9. The SMILES string of the molecule is Nc1cc(-c2cc(Br)ccc2F)nn1-c1ccccc1. The minimum absolute atomic E-state index is 0.328. The fourth-order valence-corrected chi connectivity index (χ4v) is 2.36. The highest BCUT2D eigenvalue weighted by Crippen LogP contribution is 2.27. The summed E-state index contributed by atoms with van der Waals surface area (Å²) >= 11 is 3.33. The molecule has 3 nitrogen and oxygen atoms in total. The first-order valence-electron chi connectivity index (χ1n) is 6.01. The Morgan fingerprint density at radius 1 is 1.05 bits per heavy atom. The molecule has 0 bridgehead atoms. The first-order valence-corrected chi connectivity index (χ1v) is 6.81. The molecule has 0 aliphatic rings. The maximum absolute atomic E-state index is 13.9. The zero-order valence-electron chi connectivity index (χ0n) is 10.4. The summed E-state index contributed by atoms with van der Waals surface area (Å²) in [6.07, 6.45) is 0.